The molecule has 2 rings (SSSR count). The fourth-order valence-corrected chi connectivity index (χ4v) is 9.34. The summed E-state index contributed by atoms with van der Waals surface area (Å²) in [6.45, 7) is 0. The molecule has 0 saturated carbocycles. The first-order chi connectivity index (χ1) is 16.1. The molecular weight excluding hydrogens is 670 g/mol. The summed E-state index contributed by atoms with van der Waals surface area (Å²) >= 11 is -6.24. The topological polar surface area (TPSA) is 43.4 Å². The maximum absolute atomic E-state index is 14.9. The number of benzene rings is 2. The zero-order valence-electron chi connectivity index (χ0n) is 16.7. The molecule has 0 amide bonds. The normalized spacial score (nSPS) is 15.1. The van der Waals surface area contributed by atoms with E-state index >= 15 is 0 Å². The van der Waals surface area contributed by atoms with E-state index in [1.165, 1.54) is 6.07 Å². The molecule has 0 fully saturated rings. The molecule has 0 atom stereocenters. The Morgan fingerprint density at radius 2 is 0.944 bits per heavy atom. The van der Waals surface area contributed by atoms with Gasteiger partial charge in [0.15, 0.2) is 0 Å². The molecule has 0 N–H and O–H groups in total. The van der Waals surface area contributed by atoms with Crippen molar-refractivity contribution in [1.29, 1.82) is 0 Å². The molecule has 18 heteroatoms. The Balaban J connectivity index is 2.71. The summed E-state index contributed by atoms with van der Waals surface area (Å²) in [5.74, 6) is -31.7. The van der Waals surface area contributed by atoms with Crippen molar-refractivity contribution in [3.63, 3.8) is 0 Å². The van der Waals surface area contributed by atoms with Crippen LogP contribution in [-0.4, -0.2) is 42.2 Å². The summed E-state index contributed by atoms with van der Waals surface area (Å²) in [6.07, 6.45) is -7.56. The molecule has 0 saturated heterocycles. The van der Waals surface area contributed by atoms with Crippen molar-refractivity contribution in [1.82, 2.24) is 0 Å². The maximum atomic E-state index is 14.9. The average Bonchev–Trinajstić information content (AvgIpc) is 2.77. The monoisotopic (exact) mass is 680 g/mol. The van der Waals surface area contributed by atoms with Crippen LogP contribution in [0.2, 0.25) is 0 Å². The zero-order chi connectivity index (χ0) is 28.0. The van der Waals surface area contributed by atoms with E-state index in [0.717, 1.165) is 30.3 Å². The van der Waals surface area contributed by atoms with Crippen LogP contribution in [0.1, 0.15) is 0 Å². The Morgan fingerprint density at radius 1 is 0.556 bits per heavy atom. The number of hydrogen-bond acceptors (Lipinski definition) is 3. The summed E-state index contributed by atoms with van der Waals surface area (Å²) < 4.78 is 198. The van der Waals surface area contributed by atoms with E-state index in [2.05, 4.69) is 2.51 Å². The van der Waals surface area contributed by atoms with E-state index in [4.69, 9.17) is 0 Å². The first-order valence-corrected chi connectivity index (χ1v) is 13.2. The standard InChI is InChI=1S/C18H10F13IO3S/c19-13(20,15(23,24)17(27,28)29)14(21,22)16(25,26)18(30,31)32(11-7-3-1-4-8-11)35-36(33,34)12-9-5-2-6-10-12/h1-10H. The van der Waals surface area contributed by atoms with Crippen molar-refractivity contribution >= 4 is 30.4 Å². The van der Waals surface area contributed by atoms with Gasteiger partial charge in [-0.05, 0) is 0 Å². The Labute approximate surface area is 201 Å². The fraction of sp³-hybridized carbons (Fsp3) is 0.333. The van der Waals surface area contributed by atoms with E-state index in [-0.39, 0.29) is 0 Å². The second-order valence-electron chi connectivity index (χ2n) is 6.67. The third-order valence-electron chi connectivity index (χ3n) is 4.22. The van der Waals surface area contributed by atoms with Gasteiger partial charge >= 0.3 is 201 Å². The van der Waals surface area contributed by atoms with Gasteiger partial charge in [-0.3, -0.25) is 0 Å². The molecule has 0 unspecified atom stereocenters. The van der Waals surface area contributed by atoms with Gasteiger partial charge in [-0.25, -0.2) is 0 Å². The van der Waals surface area contributed by atoms with Crippen LogP contribution in [-0.2, 0) is 12.6 Å². The number of rotatable bonds is 9. The number of alkyl halides is 14. The van der Waals surface area contributed by atoms with Crippen molar-refractivity contribution < 1.29 is 68.0 Å². The first kappa shape index (κ1) is 30.4. The van der Waals surface area contributed by atoms with Gasteiger partial charge in [0.25, 0.3) is 0 Å². The van der Waals surface area contributed by atoms with Gasteiger partial charge in [0.1, 0.15) is 0 Å². The Hall–Kier alpha value is -1.83. The summed E-state index contributed by atoms with van der Waals surface area (Å²) in [6, 6.07) is 8.18. The van der Waals surface area contributed by atoms with E-state index in [0.29, 0.717) is 24.3 Å². The molecule has 0 radical (unpaired) electrons. The van der Waals surface area contributed by atoms with E-state index in [9.17, 15) is 65.5 Å². The SMILES string of the molecule is O=S(=O)(OI(c1ccccc1)C(F)(F)C(F)(F)C(F)(F)C(F)(F)C(F)(F)C(F)(F)F)c1ccccc1. The van der Waals surface area contributed by atoms with E-state index in [1.807, 2.05) is 0 Å². The first-order valence-electron chi connectivity index (χ1n) is 8.76. The third-order valence-corrected chi connectivity index (χ3v) is 11.6. The quantitative estimate of drug-likeness (QED) is 0.158. The van der Waals surface area contributed by atoms with Crippen molar-refractivity contribution in [2.24, 2.45) is 0 Å². The van der Waals surface area contributed by atoms with Gasteiger partial charge in [-0.2, -0.15) is 0 Å². The molecule has 2 aromatic carbocycles. The number of halogens is 14. The molecule has 0 heterocycles. The Morgan fingerprint density at radius 3 is 1.36 bits per heavy atom. The predicted octanol–water partition coefficient (Wildman–Crippen LogP) is 7.38. The molecular formula is C18H10F13IO3S. The molecule has 0 spiro atoms. The second kappa shape index (κ2) is 9.48. The minimum atomic E-state index is -8.11. The van der Waals surface area contributed by atoms with Crippen LogP contribution in [0.25, 0.3) is 0 Å². The van der Waals surface area contributed by atoms with Crippen molar-refractivity contribution in [2.45, 2.75) is 38.7 Å². The van der Waals surface area contributed by atoms with Gasteiger partial charge in [-0.1, -0.05) is 0 Å². The van der Waals surface area contributed by atoms with Crippen molar-refractivity contribution in [3.05, 3.63) is 64.2 Å². The molecule has 3 nitrogen and oxygen atoms in total. The van der Waals surface area contributed by atoms with Crippen LogP contribution in [0.15, 0.2) is 65.6 Å². The van der Waals surface area contributed by atoms with Gasteiger partial charge in [0, 0.05) is 0 Å². The number of hydrogen-bond donors (Lipinski definition) is 0. The summed E-state index contributed by atoms with van der Waals surface area (Å²) in [4.78, 5) is -0.969. The Bertz CT molecular complexity index is 1150. The minimum absolute atomic E-state index is 0.468. The molecule has 0 aliphatic carbocycles. The molecule has 36 heavy (non-hydrogen) atoms. The van der Waals surface area contributed by atoms with E-state index < -0.39 is 72.6 Å². The summed E-state index contributed by atoms with van der Waals surface area (Å²) in [5, 5.41) is 0. The summed E-state index contributed by atoms with van der Waals surface area (Å²) in [5.41, 5.74) is 0. The molecule has 0 aromatic heterocycles. The van der Waals surface area contributed by atoms with Gasteiger partial charge in [0.2, 0.25) is 0 Å². The van der Waals surface area contributed by atoms with Crippen LogP contribution in [0.5, 0.6) is 0 Å². The van der Waals surface area contributed by atoms with E-state index in [1.54, 1.807) is 0 Å². The molecule has 0 bridgehead atoms. The van der Waals surface area contributed by atoms with Crippen LogP contribution in [0, 0.1) is 3.57 Å². The van der Waals surface area contributed by atoms with Crippen LogP contribution in [0.4, 0.5) is 57.1 Å². The average molecular weight is 680 g/mol. The Kier molecular flexibility index (Phi) is 8.01. The molecule has 0 aliphatic heterocycles. The third kappa shape index (κ3) is 4.86. The van der Waals surface area contributed by atoms with Crippen molar-refractivity contribution in [3.8, 4) is 0 Å². The predicted molar refractivity (Wildman–Crippen MR) is 105 cm³/mol. The van der Waals surface area contributed by atoms with Crippen LogP contribution < -0.4 is 0 Å². The van der Waals surface area contributed by atoms with Crippen molar-refractivity contribution in [2.75, 3.05) is 0 Å². The fourth-order valence-electron chi connectivity index (χ4n) is 2.31. The van der Waals surface area contributed by atoms with Crippen LogP contribution >= 0.6 is 20.2 Å². The molecule has 0 aliphatic rings. The van der Waals surface area contributed by atoms with Gasteiger partial charge in [-0.15, -0.1) is 0 Å². The second-order valence-corrected chi connectivity index (χ2v) is 13.3. The van der Waals surface area contributed by atoms with Gasteiger partial charge in [0.05, 0.1) is 0 Å². The molecule has 204 valence electrons. The van der Waals surface area contributed by atoms with Gasteiger partial charge < -0.3 is 0 Å². The van der Waals surface area contributed by atoms with Crippen LogP contribution in [0.3, 0.4) is 0 Å². The molecule has 2 aromatic rings. The summed E-state index contributed by atoms with van der Waals surface area (Å²) in [7, 11) is -5.49. The zero-order valence-corrected chi connectivity index (χ0v) is 19.7.